The zero-order valence-electron chi connectivity index (χ0n) is 35.2. The van der Waals surface area contributed by atoms with Crippen LogP contribution in [0.5, 0.6) is 11.5 Å². The third kappa shape index (κ3) is 5.92. The highest BCUT2D eigenvalue weighted by Gasteiger charge is 2.25. The summed E-state index contributed by atoms with van der Waals surface area (Å²) in [5.41, 5.74) is 16.9. The van der Waals surface area contributed by atoms with Gasteiger partial charge in [0, 0.05) is 28.6 Å². The van der Waals surface area contributed by atoms with E-state index in [0.29, 0.717) is 0 Å². The monoisotopic (exact) mass is 810 g/mol. The molecule has 0 unspecified atom stereocenters. The quantitative estimate of drug-likeness (QED) is 0.128. The van der Waals surface area contributed by atoms with E-state index in [2.05, 4.69) is 223 Å². The molecule has 0 saturated heterocycles. The number of para-hydroxylation sites is 3. The smallest absolute Gasteiger partial charge is 0.269 e. The minimum absolute atomic E-state index is 0.0520. The maximum absolute atomic E-state index is 6.83. The molecule has 4 heterocycles. The summed E-state index contributed by atoms with van der Waals surface area (Å²) in [6, 6.07) is 68.9. The Balaban J connectivity index is 0.996. The molecular weight excluding hydrogens is 769 g/mol. The Kier molecular flexibility index (Phi) is 8.35. The van der Waals surface area contributed by atoms with Crippen LogP contribution in [-0.4, -0.2) is 14.1 Å². The third-order valence-electron chi connectivity index (χ3n) is 12.5. The van der Waals surface area contributed by atoms with Crippen molar-refractivity contribution >= 4 is 32.8 Å². The topological polar surface area (TPSA) is 35.9 Å². The predicted molar refractivity (Wildman–Crippen MR) is 256 cm³/mol. The Bertz CT molecular complexity index is 3600. The van der Waals surface area contributed by atoms with E-state index in [-0.39, 0.29) is 5.41 Å². The molecule has 8 aromatic carbocycles. The number of imidazole rings is 1. The van der Waals surface area contributed by atoms with Gasteiger partial charge in [0.05, 0.1) is 33.4 Å². The molecule has 5 heteroatoms. The van der Waals surface area contributed by atoms with Crippen LogP contribution < -0.4 is 9.30 Å². The van der Waals surface area contributed by atoms with E-state index in [1.807, 2.05) is 18.3 Å². The zero-order chi connectivity index (χ0) is 42.2. The van der Waals surface area contributed by atoms with Gasteiger partial charge in [0.1, 0.15) is 17.3 Å². The lowest BCUT2D eigenvalue weighted by Gasteiger charge is -2.24. The Morgan fingerprint density at radius 3 is 1.86 bits per heavy atom. The van der Waals surface area contributed by atoms with Gasteiger partial charge in [-0.2, -0.15) is 0 Å². The lowest BCUT2D eigenvalue weighted by molar-refractivity contribution is -0.571. The number of fused-ring (bicyclic) bond motifs is 10. The maximum Gasteiger partial charge on any atom is 0.269 e. The summed E-state index contributed by atoms with van der Waals surface area (Å²) in [5, 5.41) is 2.30. The lowest BCUT2D eigenvalue weighted by Crippen LogP contribution is -2.30. The van der Waals surface area contributed by atoms with Crippen LogP contribution in [0, 0.1) is 6.33 Å². The number of ether oxygens (including phenoxy) is 1. The summed E-state index contributed by atoms with van der Waals surface area (Å²) < 4.78 is 13.5. The Labute approximate surface area is 366 Å². The molecule has 63 heavy (non-hydrogen) atoms. The summed E-state index contributed by atoms with van der Waals surface area (Å²) in [6.07, 6.45) is 5.71. The molecule has 0 atom stereocenters. The van der Waals surface area contributed by atoms with Crippen LogP contribution in [0.3, 0.4) is 0 Å². The van der Waals surface area contributed by atoms with Crippen LogP contribution in [0.25, 0.3) is 94.5 Å². The molecule has 1 aliphatic rings. The molecule has 0 bridgehead atoms. The molecular formula is C58H42N4O. The first-order chi connectivity index (χ1) is 30.9. The van der Waals surface area contributed by atoms with Crippen molar-refractivity contribution in [2.24, 2.45) is 0 Å². The predicted octanol–water partition coefficient (Wildman–Crippen LogP) is 14.3. The molecule has 0 radical (unpaired) electrons. The van der Waals surface area contributed by atoms with Gasteiger partial charge in [0.2, 0.25) is 0 Å². The largest absolute Gasteiger partial charge is 0.458 e. The van der Waals surface area contributed by atoms with Crippen LogP contribution in [0.2, 0.25) is 0 Å². The summed E-state index contributed by atoms with van der Waals surface area (Å²) in [5.74, 6) is 2.35. The van der Waals surface area contributed by atoms with Gasteiger partial charge in [-0.15, -0.1) is 0 Å². The van der Waals surface area contributed by atoms with Crippen molar-refractivity contribution in [3.8, 4) is 73.2 Å². The van der Waals surface area contributed by atoms with E-state index in [0.717, 1.165) is 78.2 Å². The molecule has 0 amide bonds. The van der Waals surface area contributed by atoms with Crippen LogP contribution in [0.15, 0.2) is 200 Å². The van der Waals surface area contributed by atoms with Gasteiger partial charge >= 0.3 is 0 Å². The number of benzene rings is 8. The molecule has 1 aliphatic heterocycles. The molecule has 0 saturated carbocycles. The van der Waals surface area contributed by atoms with E-state index >= 15 is 0 Å². The van der Waals surface area contributed by atoms with Crippen molar-refractivity contribution in [3.05, 3.63) is 212 Å². The van der Waals surface area contributed by atoms with Crippen molar-refractivity contribution in [1.29, 1.82) is 0 Å². The van der Waals surface area contributed by atoms with Gasteiger partial charge in [0.25, 0.3) is 6.33 Å². The number of nitrogens with zero attached hydrogens (tertiary/aromatic N) is 4. The van der Waals surface area contributed by atoms with Gasteiger partial charge in [-0.3, -0.25) is 13.7 Å². The molecule has 3 aromatic heterocycles. The zero-order valence-corrected chi connectivity index (χ0v) is 35.2. The lowest BCUT2D eigenvalue weighted by atomic mass is 9.82. The molecule has 12 rings (SSSR count). The average molecular weight is 811 g/mol. The van der Waals surface area contributed by atoms with Crippen molar-refractivity contribution in [3.63, 3.8) is 0 Å². The van der Waals surface area contributed by atoms with E-state index in [1.165, 1.54) is 33.4 Å². The summed E-state index contributed by atoms with van der Waals surface area (Å²) >= 11 is 0. The number of hydrogen-bond acceptors (Lipinski definition) is 2. The minimum Gasteiger partial charge on any atom is -0.458 e. The maximum atomic E-state index is 6.83. The Hall–Kier alpha value is -8.02. The summed E-state index contributed by atoms with van der Waals surface area (Å²) in [4.78, 5) is 5.09. The van der Waals surface area contributed by atoms with Gasteiger partial charge in [0.15, 0.2) is 0 Å². The molecule has 0 spiro atoms. The highest BCUT2D eigenvalue weighted by atomic mass is 16.5. The molecule has 11 aromatic rings. The second-order valence-corrected chi connectivity index (χ2v) is 17.4. The number of rotatable bonds is 5. The number of pyridine rings is 1. The molecule has 0 N–H and O–H groups in total. The SMILES string of the molecule is CC(C)(C)c1ccccc1-c1cccnc1-n1c2ccccc2c2ccc(Oc3cccc(-n4[c-][n+]5c6c(cccc64)-c4ccccc4-c4ccccc4-c4ccccc4-5)c3)cc21. The fourth-order valence-corrected chi connectivity index (χ4v) is 9.76. The Morgan fingerprint density at radius 2 is 1.06 bits per heavy atom. The third-order valence-corrected chi connectivity index (χ3v) is 12.5. The van der Waals surface area contributed by atoms with Crippen LogP contribution in [0.4, 0.5) is 0 Å². The first-order valence-electron chi connectivity index (χ1n) is 21.5. The second kappa shape index (κ2) is 14.3. The number of hydrogen-bond donors (Lipinski definition) is 0. The van der Waals surface area contributed by atoms with Gasteiger partial charge in [-0.1, -0.05) is 154 Å². The highest BCUT2D eigenvalue weighted by molar-refractivity contribution is 6.10. The highest BCUT2D eigenvalue weighted by Crippen LogP contribution is 2.44. The van der Waals surface area contributed by atoms with Crippen LogP contribution >= 0.6 is 0 Å². The normalized spacial score (nSPS) is 12.0. The first kappa shape index (κ1) is 36.8. The fourth-order valence-electron chi connectivity index (χ4n) is 9.76. The van der Waals surface area contributed by atoms with Crippen molar-refractivity contribution in [2.45, 2.75) is 26.2 Å². The van der Waals surface area contributed by atoms with Crippen molar-refractivity contribution in [2.75, 3.05) is 0 Å². The van der Waals surface area contributed by atoms with Gasteiger partial charge in [-0.05, 0) is 105 Å². The Morgan fingerprint density at radius 1 is 0.476 bits per heavy atom. The summed E-state index contributed by atoms with van der Waals surface area (Å²) in [6.45, 7) is 6.80. The van der Waals surface area contributed by atoms with Crippen molar-refractivity contribution in [1.82, 2.24) is 14.1 Å². The number of aromatic nitrogens is 4. The molecule has 5 nitrogen and oxygen atoms in total. The minimum atomic E-state index is -0.0520. The van der Waals surface area contributed by atoms with Crippen LogP contribution in [0.1, 0.15) is 26.3 Å². The van der Waals surface area contributed by atoms with E-state index in [4.69, 9.17) is 9.72 Å². The average Bonchev–Trinajstić information content (AvgIpc) is 3.88. The molecule has 300 valence electrons. The molecule has 0 aliphatic carbocycles. The van der Waals surface area contributed by atoms with E-state index < -0.39 is 0 Å². The van der Waals surface area contributed by atoms with Crippen LogP contribution in [-0.2, 0) is 5.41 Å². The van der Waals surface area contributed by atoms with Gasteiger partial charge < -0.3 is 4.74 Å². The summed E-state index contributed by atoms with van der Waals surface area (Å²) in [7, 11) is 0. The van der Waals surface area contributed by atoms with E-state index in [1.54, 1.807) is 0 Å². The second-order valence-electron chi connectivity index (χ2n) is 17.4. The van der Waals surface area contributed by atoms with E-state index in [9.17, 15) is 0 Å². The first-order valence-corrected chi connectivity index (χ1v) is 21.5. The van der Waals surface area contributed by atoms with Gasteiger partial charge in [-0.25, -0.2) is 4.98 Å². The molecule has 0 fully saturated rings. The standard InChI is InChI=1S/C58H42N4O/c1-58(2,3)51-28-11-8-23-45(51)50-27-16-34-59-57(50)62-53-30-13-10-25-47(53)48-33-32-40(36-55(48)62)63-39-18-14-17-38(35-39)60-37-61-52-29-12-9-24-46(52)43-21-6-4-19-41(43)42-20-5-7-22-44(42)49-26-15-31-54(60)56(49)61/h4-36H,1-3H3. The fraction of sp³-hybridized carbons (Fsp3) is 0.0690. The van der Waals surface area contributed by atoms with Crippen molar-refractivity contribution < 1.29 is 9.30 Å².